The van der Waals surface area contributed by atoms with Gasteiger partial charge in [-0.2, -0.15) is 0 Å². The van der Waals surface area contributed by atoms with Crippen molar-refractivity contribution in [2.75, 3.05) is 7.11 Å². The van der Waals surface area contributed by atoms with Gasteiger partial charge in [-0.15, -0.1) is 0 Å². The molecule has 0 aliphatic rings. The van der Waals surface area contributed by atoms with E-state index in [0.717, 1.165) is 5.56 Å². The zero-order valence-corrected chi connectivity index (χ0v) is 8.07. The molecule has 0 amide bonds. The predicted octanol–water partition coefficient (Wildman–Crippen LogP) is 1.99. The molecule has 0 saturated heterocycles. The monoisotopic (exact) mass is 193 g/mol. The number of rotatable bonds is 2. The van der Waals surface area contributed by atoms with Crippen molar-refractivity contribution in [3.63, 3.8) is 0 Å². The van der Waals surface area contributed by atoms with Gasteiger partial charge in [0, 0.05) is 13.2 Å². The van der Waals surface area contributed by atoms with Crippen molar-refractivity contribution in [1.29, 1.82) is 0 Å². The van der Waals surface area contributed by atoms with Crippen LogP contribution >= 0.6 is 0 Å². The molecule has 1 aromatic heterocycles. The number of fused-ring (bicyclic) bond motifs is 1. The number of aryl methyl sites for hydroxylation is 1. The summed E-state index contributed by atoms with van der Waals surface area (Å²) in [7, 11) is 1.58. The van der Waals surface area contributed by atoms with Crippen LogP contribution in [0.25, 0.3) is 11.1 Å². The smallest absolute Gasteiger partial charge is 0.221 e. The van der Waals surface area contributed by atoms with Crippen LogP contribution in [-0.4, -0.2) is 17.2 Å². The molecule has 0 bridgehead atoms. The summed E-state index contributed by atoms with van der Waals surface area (Å²) < 4.78 is 10.3. The molecular weight excluding hydrogens is 182 g/mol. The minimum atomic E-state index is 0.231. The van der Waals surface area contributed by atoms with Gasteiger partial charge in [-0.3, -0.25) is 0 Å². The maximum atomic E-state index is 9.44. The Kier molecular flexibility index (Phi) is 2.13. The molecule has 4 nitrogen and oxygen atoms in total. The fraction of sp³-hybridized carbons (Fsp3) is 0.300. The van der Waals surface area contributed by atoms with Crippen LogP contribution in [0.3, 0.4) is 0 Å². The lowest BCUT2D eigenvalue weighted by molar-refractivity contribution is 0.161. The van der Waals surface area contributed by atoms with Crippen LogP contribution in [0.2, 0.25) is 0 Å². The Morgan fingerprint density at radius 2 is 2.29 bits per heavy atom. The average molecular weight is 193 g/mol. The maximum absolute atomic E-state index is 9.44. The van der Waals surface area contributed by atoms with Crippen molar-refractivity contribution in [2.45, 2.75) is 13.5 Å². The predicted molar refractivity (Wildman–Crippen MR) is 51.1 cm³/mol. The molecule has 14 heavy (non-hydrogen) atoms. The summed E-state index contributed by atoms with van der Waals surface area (Å²) in [4.78, 5) is 4.15. The van der Waals surface area contributed by atoms with Crippen LogP contribution in [0.15, 0.2) is 16.5 Å². The molecule has 74 valence electrons. The highest BCUT2D eigenvalue weighted by molar-refractivity contribution is 5.75. The summed E-state index contributed by atoms with van der Waals surface area (Å²) in [6.07, 6.45) is 0. The number of methoxy groups -OCH3 is 1. The van der Waals surface area contributed by atoms with Crippen molar-refractivity contribution in [2.24, 2.45) is 0 Å². The van der Waals surface area contributed by atoms with Gasteiger partial charge < -0.3 is 14.3 Å². The standard InChI is InChI=1S/C10H11NO3/c1-6-3-9-7(4-8(6)12)11-10(14-9)5-13-2/h3-4,12H,5H2,1-2H3. The van der Waals surface area contributed by atoms with Crippen molar-refractivity contribution < 1.29 is 14.3 Å². The van der Waals surface area contributed by atoms with E-state index in [9.17, 15) is 5.11 Å². The molecular formula is C10H11NO3. The van der Waals surface area contributed by atoms with E-state index in [1.54, 1.807) is 19.2 Å². The van der Waals surface area contributed by atoms with Crippen LogP contribution < -0.4 is 0 Å². The van der Waals surface area contributed by atoms with Gasteiger partial charge in [0.15, 0.2) is 5.58 Å². The first kappa shape index (κ1) is 9.02. The maximum Gasteiger partial charge on any atom is 0.221 e. The third-order valence-corrected chi connectivity index (χ3v) is 2.02. The lowest BCUT2D eigenvalue weighted by Gasteiger charge is -1.94. The van der Waals surface area contributed by atoms with Gasteiger partial charge in [0.2, 0.25) is 5.89 Å². The number of aromatic hydroxyl groups is 1. The number of hydrogen-bond donors (Lipinski definition) is 1. The number of phenolic OH excluding ortho intramolecular Hbond substituents is 1. The Balaban J connectivity index is 2.54. The molecule has 1 aromatic carbocycles. The molecule has 0 radical (unpaired) electrons. The summed E-state index contributed by atoms with van der Waals surface area (Å²) in [5.41, 5.74) is 2.10. The minimum Gasteiger partial charge on any atom is -0.508 e. The third-order valence-electron chi connectivity index (χ3n) is 2.02. The van der Waals surface area contributed by atoms with Crippen molar-refractivity contribution in [3.8, 4) is 5.75 Å². The van der Waals surface area contributed by atoms with Crippen LogP contribution in [0, 0.1) is 6.92 Å². The molecule has 1 N–H and O–H groups in total. The Morgan fingerprint density at radius 3 is 3.00 bits per heavy atom. The number of phenols is 1. The quantitative estimate of drug-likeness (QED) is 0.792. The van der Waals surface area contributed by atoms with Crippen molar-refractivity contribution >= 4 is 11.1 Å². The highest BCUT2D eigenvalue weighted by Gasteiger charge is 2.07. The molecule has 1 heterocycles. The van der Waals surface area contributed by atoms with E-state index in [4.69, 9.17) is 9.15 Å². The van der Waals surface area contributed by atoms with Crippen LogP contribution in [0.4, 0.5) is 0 Å². The van der Waals surface area contributed by atoms with Gasteiger partial charge in [0.25, 0.3) is 0 Å². The number of ether oxygens (including phenoxy) is 1. The highest BCUT2D eigenvalue weighted by Crippen LogP contribution is 2.24. The second-order valence-electron chi connectivity index (χ2n) is 3.15. The lowest BCUT2D eigenvalue weighted by Crippen LogP contribution is -1.85. The number of nitrogens with zero attached hydrogens (tertiary/aromatic N) is 1. The molecule has 2 rings (SSSR count). The number of aromatic nitrogens is 1. The van der Waals surface area contributed by atoms with Crippen LogP contribution in [0.5, 0.6) is 5.75 Å². The number of oxazole rings is 1. The second-order valence-corrected chi connectivity index (χ2v) is 3.15. The molecule has 0 fully saturated rings. The Labute approximate surface area is 81.1 Å². The van der Waals surface area contributed by atoms with Gasteiger partial charge in [0.1, 0.15) is 17.9 Å². The number of benzene rings is 1. The van der Waals surface area contributed by atoms with E-state index in [-0.39, 0.29) is 5.75 Å². The van der Waals surface area contributed by atoms with Gasteiger partial charge in [-0.05, 0) is 18.6 Å². The molecule has 4 heteroatoms. The van der Waals surface area contributed by atoms with Crippen molar-refractivity contribution in [3.05, 3.63) is 23.6 Å². The molecule has 0 aliphatic carbocycles. The Morgan fingerprint density at radius 1 is 1.50 bits per heavy atom. The SMILES string of the molecule is COCc1nc2cc(O)c(C)cc2o1. The zero-order chi connectivity index (χ0) is 10.1. The fourth-order valence-corrected chi connectivity index (χ4v) is 1.30. The van der Waals surface area contributed by atoms with E-state index in [1.807, 2.05) is 6.92 Å². The topological polar surface area (TPSA) is 55.5 Å². The Bertz CT molecular complexity index is 423. The summed E-state index contributed by atoms with van der Waals surface area (Å²) in [6, 6.07) is 3.35. The van der Waals surface area contributed by atoms with Gasteiger partial charge >= 0.3 is 0 Å². The lowest BCUT2D eigenvalue weighted by atomic mass is 10.2. The van der Waals surface area contributed by atoms with Gasteiger partial charge in [-0.25, -0.2) is 4.98 Å². The van der Waals surface area contributed by atoms with Gasteiger partial charge in [-0.1, -0.05) is 0 Å². The zero-order valence-electron chi connectivity index (χ0n) is 8.07. The largest absolute Gasteiger partial charge is 0.508 e. The summed E-state index contributed by atoms with van der Waals surface area (Å²) in [6.45, 7) is 2.15. The molecule has 0 spiro atoms. The van der Waals surface area contributed by atoms with E-state index in [0.29, 0.717) is 23.6 Å². The van der Waals surface area contributed by atoms with E-state index in [2.05, 4.69) is 4.98 Å². The van der Waals surface area contributed by atoms with E-state index < -0.39 is 0 Å². The first-order chi connectivity index (χ1) is 6.70. The van der Waals surface area contributed by atoms with Crippen LogP contribution in [0.1, 0.15) is 11.5 Å². The first-order valence-corrected chi connectivity index (χ1v) is 4.28. The third kappa shape index (κ3) is 1.44. The molecule has 0 atom stereocenters. The first-order valence-electron chi connectivity index (χ1n) is 4.28. The van der Waals surface area contributed by atoms with Gasteiger partial charge in [0.05, 0.1) is 0 Å². The molecule has 2 aromatic rings. The summed E-state index contributed by atoms with van der Waals surface area (Å²) >= 11 is 0. The summed E-state index contributed by atoms with van der Waals surface area (Å²) in [5, 5.41) is 9.44. The van der Waals surface area contributed by atoms with E-state index >= 15 is 0 Å². The van der Waals surface area contributed by atoms with E-state index in [1.165, 1.54) is 0 Å². The average Bonchev–Trinajstić information content (AvgIpc) is 2.48. The summed E-state index contributed by atoms with van der Waals surface area (Å²) in [5.74, 6) is 0.752. The highest BCUT2D eigenvalue weighted by atomic mass is 16.5. The fourth-order valence-electron chi connectivity index (χ4n) is 1.30. The molecule has 0 saturated carbocycles. The second kappa shape index (κ2) is 3.31. The minimum absolute atomic E-state index is 0.231. The van der Waals surface area contributed by atoms with Crippen molar-refractivity contribution in [1.82, 2.24) is 4.98 Å². The number of hydrogen-bond acceptors (Lipinski definition) is 4. The molecule has 0 aliphatic heterocycles. The Hall–Kier alpha value is -1.55. The van der Waals surface area contributed by atoms with Crippen LogP contribution in [-0.2, 0) is 11.3 Å². The normalized spacial score (nSPS) is 11.0. The molecule has 0 unspecified atom stereocenters.